The van der Waals surface area contributed by atoms with E-state index < -0.39 is 54.1 Å². The smallest absolute Gasteiger partial charge is 0.492 e. The van der Waals surface area contributed by atoms with Crippen LogP contribution < -0.4 is 15.7 Å². The van der Waals surface area contributed by atoms with Gasteiger partial charge in [-0.1, -0.05) is 0 Å². The van der Waals surface area contributed by atoms with Crippen molar-refractivity contribution in [1.29, 1.82) is 0 Å². The van der Waals surface area contributed by atoms with Crippen molar-refractivity contribution < 1.29 is 58.1 Å². The number of phenols is 1. The van der Waals surface area contributed by atoms with E-state index in [0.717, 1.165) is 28.0 Å². The largest absolute Gasteiger partial charge is 0.508 e. The molecule has 0 aliphatic carbocycles. The Morgan fingerprint density at radius 2 is 1.31 bits per heavy atom. The summed E-state index contributed by atoms with van der Waals surface area (Å²) in [7, 11) is -2.35. The van der Waals surface area contributed by atoms with E-state index in [-0.39, 0.29) is 33.8 Å². The van der Waals surface area contributed by atoms with Crippen molar-refractivity contribution in [1.82, 2.24) is 20.4 Å². The Morgan fingerprint density at radius 3 is 1.75 bits per heavy atom. The second-order valence-electron chi connectivity index (χ2n) is 11.7. The Balaban J connectivity index is 0.000000207. The number of carbonyl (C=O) groups excluding carboxylic acids is 2. The second-order valence-corrected chi connectivity index (χ2v) is 14.9. The molecule has 2 aromatic heterocycles. The predicted octanol–water partition coefficient (Wildman–Crippen LogP) is 3.37. The SMILES string of the molecule is CCOC(=O)C(C)C1OB(O)c2cc(O)cc(C)c21.CCOC(=O)C(C)C1OB(O)c2cc(Oc3nnc([N+](=O)[O-])s3)cc(C)c21.O=[N+]([O-])c1nnc(Br)s1. The van der Waals surface area contributed by atoms with E-state index in [1.807, 2.05) is 6.92 Å². The molecule has 25 heteroatoms. The number of esters is 2. The highest BCUT2D eigenvalue weighted by atomic mass is 79.9. The lowest BCUT2D eigenvalue weighted by Gasteiger charge is -2.20. The van der Waals surface area contributed by atoms with E-state index in [1.165, 1.54) is 6.07 Å². The molecule has 4 heterocycles. The first kappa shape index (κ1) is 43.1. The number of ether oxygens (including phenoxy) is 3. The van der Waals surface area contributed by atoms with Crippen molar-refractivity contribution in [2.75, 3.05) is 13.2 Å². The number of halogens is 1. The fraction of sp³-hybridized carbons (Fsp3) is 0.400. The number of aromatic hydroxyl groups is 1. The van der Waals surface area contributed by atoms with Gasteiger partial charge < -0.3 is 58.9 Å². The molecule has 292 valence electrons. The van der Waals surface area contributed by atoms with Crippen molar-refractivity contribution in [2.45, 2.75) is 53.8 Å². The molecule has 0 bridgehead atoms. The number of hydrogen-bond acceptors (Lipinski definition) is 20. The lowest BCUT2D eigenvalue weighted by atomic mass is 9.77. The monoisotopic (exact) mass is 866 g/mol. The number of aryl methyl sites for hydroxylation is 2. The topological polar surface area (TPSA) is 279 Å². The van der Waals surface area contributed by atoms with Gasteiger partial charge in [-0.05, 0) is 141 Å². The van der Waals surface area contributed by atoms with Crippen molar-refractivity contribution in [2.24, 2.45) is 11.8 Å². The molecule has 20 nitrogen and oxygen atoms in total. The van der Waals surface area contributed by atoms with Gasteiger partial charge in [0.15, 0.2) is 0 Å². The molecule has 0 amide bonds. The maximum absolute atomic E-state index is 12.0. The van der Waals surface area contributed by atoms with Crippen LogP contribution in [0.15, 0.2) is 28.2 Å². The van der Waals surface area contributed by atoms with Gasteiger partial charge in [0.1, 0.15) is 16.6 Å². The minimum Gasteiger partial charge on any atom is -0.508 e. The fourth-order valence-electron chi connectivity index (χ4n) is 5.62. The number of nitrogens with zero attached hydrogens (tertiary/aromatic N) is 6. The second kappa shape index (κ2) is 18.8. The first-order chi connectivity index (χ1) is 26.0. The maximum Gasteiger partial charge on any atom is 0.492 e. The lowest BCUT2D eigenvalue weighted by Crippen LogP contribution is -2.28. The van der Waals surface area contributed by atoms with Gasteiger partial charge in [0.05, 0.1) is 42.4 Å². The molecular formula is C30H33B2BrN6O14S2. The number of benzene rings is 2. The molecule has 0 radical (unpaired) electrons. The van der Waals surface area contributed by atoms with Gasteiger partial charge in [-0.25, -0.2) is 0 Å². The van der Waals surface area contributed by atoms with Crippen LogP contribution in [0.1, 0.15) is 62.2 Å². The van der Waals surface area contributed by atoms with Crippen molar-refractivity contribution in [3.05, 3.63) is 70.7 Å². The van der Waals surface area contributed by atoms with E-state index in [1.54, 1.807) is 52.8 Å². The zero-order valence-electron chi connectivity index (χ0n) is 29.9. The van der Waals surface area contributed by atoms with E-state index in [0.29, 0.717) is 44.1 Å². The molecule has 3 N–H and O–H groups in total. The molecule has 4 unspecified atom stereocenters. The highest BCUT2D eigenvalue weighted by Gasteiger charge is 2.43. The van der Waals surface area contributed by atoms with Crippen LogP contribution in [-0.2, 0) is 28.4 Å². The fourth-order valence-corrected chi connectivity index (χ4v) is 7.06. The zero-order valence-corrected chi connectivity index (χ0v) is 33.1. The van der Waals surface area contributed by atoms with Crippen LogP contribution >= 0.6 is 38.6 Å². The molecule has 0 spiro atoms. The van der Waals surface area contributed by atoms with Gasteiger partial charge in [0.2, 0.25) is 3.92 Å². The van der Waals surface area contributed by atoms with Crippen LogP contribution in [0.2, 0.25) is 0 Å². The van der Waals surface area contributed by atoms with Crippen LogP contribution in [0.4, 0.5) is 10.3 Å². The molecule has 55 heavy (non-hydrogen) atoms. The third-order valence-corrected chi connectivity index (χ3v) is 10.0. The van der Waals surface area contributed by atoms with Crippen LogP contribution in [-0.4, -0.2) is 84.8 Å². The standard InChI is InChI=1S/C15H16BN3O7S.C13H17BO5.C2BrN3O2S/c1-4-24-13(20)8(3)12-11-7(2)5-9(6-10(11)16(21)26-12)25-15-18-17-14(27-15)19(22)23;1-4-18-13(16)8(3)12-11-7(2)5-9(15)6-10(11)14(17)19-12;3-1-4-5-2(9-1)6(7)8/h5-6,8,12,21H,4H2,1-3H3;5-6,8,12,15,17H,4H2,1-3H3;. The number of phenolic OH excluding ortho intramolecular Hbond substituents is 1. The Labute approximate surface area is 329 Å². The highest BCUT2D eigenvalue weighted by Crippen LogP contribution is 2.37. The zero-order chi connectivity index (χ0) is 40.7. The van der Waals surface area contributed by atoms with E-state index in [4.69, 9.17) is 23.5 Å². The average molecular weight is 867 g/mol. The van der Waals surface area contributed by atoms with Crippen molar-refractivity contribution in [3.63, 3.8) is 0 Å². The van der Waals surface area contributed by atoms with Gasteiger partial charge in [0, 0.05) is 16.4 Å². The summed E-state index contributed by atoms with van der Waals surface area (Å²) >= 11 is 4.52. The molecule has 2 aromatic carbocycles. The highest BCUT2D eigenvalue weighted by molar-refractivity contribution is 9.11. The van der Waals surface area contributed by atoms with Gasteiger partial charge in [0.25, 0.3) is 0 Å². The summed E-state index contributed by atoms with van der Waals surface area (Å²) in [5.74, 6) is -1.49. The van der Waals surface area contributed by atoms with Crippen LogP contribution in [0.25, 0.3) is 0 Å². The number of aromatic nitrogens is 4. The molecule has 6 rings (SSSR count). The van der Waals surface area contributed by atoms with Crippen LogP contribution in [0.3, 0.4) is 0 Å². The van der Waals surface area contributed by atoms with Crippen molar-refractivity contribution >= 4 is 86.0 Å². The van der Waals surface area contributed by atoms with Gasteiger partial charge in [-0.15, -0.1) is 0 Å². The molecule has 4 atom stereocenters. The molecular weight excluding hydrogens is 834 g/mol. The summed E-state index contributed by atoms with van der Waals surface area (Å²) in [6.07, 6.45) is -1.20. The number of carbonyl (C=O) groups is 2. The summed E-state index contributed by atoms with van der Waals surface area (Å²) in [5.41, 5.74) is 3.94. The van der Waals surface area contributed by atoms with Crippen molar-refractivity contribution in [3.8, 4) is 16.7 Å². The van der Waals surface area contributed by atoms with E-state index in [9.17, 15) is 45.0 Å². The first-order valence-corrected chi connectivity index (χ1v) is 18.7. The van der Waals surface area contributed by atoms with Crippen LogP contribution in [0.5, 0.6) is 16.7 Å². The number of nitro groups is 2. The predicted molar refractivity (Wildman–Crippen MR) is 199 cm³/mol. The molecule has 4 aromatic rings. The Morgan fingerprint density at radius 1 is 0.836 bits per heavy atom. The van der Waals surface area contributed by atoms with Gasteiger partial charge in [-0.2, -0.15) is 0 Å². The number of fused-ring (bicyclic) bond motifs is 2. The summed E-state index contributed by atoms with van der Waals surface area (Å²) < 4.78 is 27.0. The Bertz CT molecular complexity index is 2060. The molecule has 2 aliphatic rings. The number of hydrogen-bond donors (Lipinski definition) is 3. The first-order valence-electron chi connectivity index (χ1n) is 16.2. The maximum atomic E-state index is 12.0. The summed E-state index contributed by atoms with van der Waals surface area (Å²) in [4.78, 5) is 43.2. The Hall–Kier alpha value is -4.65. The molecule has 0 saturated carbocycles. The lowest BCUT2D eigenvalue weighted by molar-refractivity contribution is -0.385. The Kier molecular flexibility index (Phi) is 14.7. The summed E-state index contributed by atoms with van der Waals surface area (Å²) in [5, 5.41) is 63.4. The minimum atomic E-state index is -1.23. The molecule has 0 saturated heterocycles. The normalized spacial score (nSPS) is 16.4. The number of rotatable bonds is 10. The van der Waals surface area contributed by atoms with Gasteiger partial charge >= 0.3 is 41.6 Å². The van der Waals surface area contributed by atoms with E-state index in [2.05, 4.69) is 36.3 Å². The average Bonchev–Trinajstić information content (AvgIpc) is 3.92. The minimum absolute atomic E-state index is 0.00546. The summed E-state index contributed by atoms with van der Waals surface area (Å²) in [6.45, 7) is 11.0. The molecule has 0 fully saturated rings. The summed E-state index contributed by atoms with van der Waals surface area (Å²) in [6, 6.07) is 6.28. The van der Waals surface area contributed by atoms with Gasteiger partial charge in [-0.3, -0.25) is 9.59 Å². The third-order valence-electron chi connectivity index (χ3n) is 7.98. The third kappa shape index (κ3) is 10.4. The quantitative estimate of drug-likeness (QED) is 0.0891. The van der Waals surface area contributed by atoms with Crippen LogP contribution in [0, 0.1) is 45.9 Å². The molecule has 2 aliphatic heterocycles. The van der Waals surface area contributed by atoms with E-state index >= 15 is 0 Å².